The largest absolute Gasteiger partial charge is 0.464 e. The number of aromatic nitrogens is 1. The van der Waals surface area contributed by atoms with Gasteiger partial charge < -0.3 is 45.1 Å². The maximum Gasteiger partial charge on any atom is 0.354 e. The molecule has 2 aliphatic rings. The second kappa shape index (κ2) is 19.4. The van der Waals surface area contributed by atoms with Crippen LogP contribution in [0.2, 0.25) is 10.0 Å². The van der Waals surface area contributed by atoms with E-state index in [1.54, 1.807) is 31.0 Å². The summed E-state index contributed by atoms with van der Waals surface area (Å²) in [4.78, 5) is 16.7. The summed E-state index contributed by atoms with van der Waals surface area (Å²) in [5, 5.41) is 44.2. The molecule has 6 N–H and O–H groups in total. The molecule has 1 fully saturated rings. The number of carbonyl (C=O) groups is 1. The van der Waals surface area contributed by atoms with E-state index in [0.29, 0.717) is 27.0 Å². The van der Waals surface area contributed by atoms with Crippen LogP contribution < -0.4 is 10.2 Å². The van der Waals surface area contributed by atoms with Crippen LogP contribution in [0.25, 0.3) is 5.57 Å². The smallest absolute Gasteiger partial charge is 0.354 e. The standard InChI is InChI=1S/C18H23ClN2O2.C16H21Cl2NO5.C2H4/c1-5-15-13(7-6-12(3)19)14(8-9-20-15)16-11(2)10-21-17(16)18(22)23-4;1-7(2)8-4-9(17)10(18)5-11(8)19(3)16-15(23)14(22)13(21)12(6-20)24-16;1-2/h6,8-10,14,20-21H,5,7H2,1-4H3;4-5,12-16,20-23H,1,6H2,2-3H3;1-2H2/b12-6+;;. The van der Waals surface area contributed by atoms with Gasteiger partial charge in [0.15, 0.2) is 6.23 Å². The van der Waals surface area contributed by atoms with Gasteiger partial charge in [-0.25, -0.2) is 4.79 Å². The van der Waals surface area contributed by atoms with Gasteiger partial charge in [-0.1, -0.05) is 60.5 Å². The molecule has 0 spiro atoms. The maximum absolute atomic E-state index is 12.1. The number of halogens is 3. The molecule has 13 heteroatoms. The van der Waals surface area contributed by atoms with Crippen LogP contribution in [0.15, 0.2) is 72.7 Å². The third kappa shape index (κ3) is 10.0. The van der Waals surface area contributed by atoms with Crippen molar-refractivity contribution in [2.45, 2.75) is 77.1 Å². The van der Waals surface area contributed by atoms with Crippen LogP contribution in [-0.2, 0) is 9.47 Å². The summed E-state index contributed by atoms with van der Waals surface area (Å²) in [5.41, 5.74) is 6.93. The number of methoxy groups -OCH3 is 1. The molecule has 6 atom stereocenters. The molecular weight excluding hydrogens is 693 g/mol. The fraction of sp³-hybridized carbons (Fsp3) is 0.417. The van der Waals surface area contributed by atoms with Crippen molar-refractivity contribution in [2.75, 3.05) is 25.7 Å². The quantitative estimate of drug-likeness (QED) is 0.124. The van der Waals surface area contributed by atoms with Gasteiger partial charge in [0.1, 0.15) is 30.1 Å². The number of hydrogen-bond acceptors (Lipinski definition) is 9. The summed E-state index contributed by atoms with van der Waals surface area (Å²) in [5.74, 6) is -0.319. The van der Waals surface area contributed by atoms with E-state index in [2.05, 4.69) is 43.0 Å². The van der Waals surface area contributed by atoms with Crippen molar-refractivity contribution in [1.82, 2.24) is 10.3 Å². The third-order valence-electron chi connectivity index (χ3n) is 8.22. The Balaban J connectivity index is 0.000000324. The monoisotopic (exact) mass is 739 g/mol. The lowest BCUT2D eigenvalue weighted by atomic mass is 9.83. The third-order valence-corrected chi connectivity index (χ3v) is 9.10. The number of anilines is 1. The van der Waals surface area contributed by atoms with Gasteiger partial charge in [0.05, 0.1) is 23.8 Å². The lowest BCUT2D eigenvalue weighted by Gasteiger charge is -2.44. The number of aliphatic hydroxyl groups is 4. The molecule has 0 amide bonds. The second-order valence-electron chi connectivity index (χ2n) is 11.5. The number of aliphatic hydroxyl groups excluding tert-OH is 4. The van der Waals surface area contributed by atoms with Crippen LogP contribution in [0.3, 0.4) is 0 Å². The molecule has 2 aromatic rings. The number of rotatable bonds is 9. The molecule has 1 aromatic carbocycles. The predicted octanol–water partition coefficient (Wildman–Crippen LogP) is 6.57. The number of dihydropyridines is 1. The first kappa shape index (κ1) is 42.1. The molecule has 0 bridgehead atoms. The van der Waals surface area contributed by atoms with Crippen LogP contribution >= 0.6 is 34.8 Å². The molecule has 2 aliphatic heterocycles. The number of aromatic amines is 1. The molecule has 49 heavy (non-hydrogen) atoms. The first-order valence-corrected chi connectivity index (χ1v) is 16.7. The lowest BCUT2D eigenvalue weighted by Crippen LogP contribution is -2.62. The van der Waals surface area contributed by atoms with Crippen LogP contribution in [0.4, 0.5) is 5.69 Å². The fourth-order valence-electron chi connectivity index (χ4n) is 5.66. The number of likely N-dealkylation sites (N-methyl/N-ethyl adjacent to an activating group) is 1. The van der Waals surface area contributed by atoms with Crippen LogP contribution in [0, 0.1) is 6.92 Å². The zero-order chi connectivity index (χ0) is 37.2. The highest BCUT2D eigenvalue weighted by Crippen LogP contribution is 2.38. The molecule has 6 unspecified atom stereocenters. The Morgan fingerprint density at radius 1 is 1.12 bits per heavy atom. The second-order valence-corrected chi connectivity index (χ2v) is 12.9. The van der Waals surface area contributed by atoms with Crippen LogP contribution in [0.5, 0.6) is 0 Å². The summed E-state index contributed by atoms with van der Waals surface area (Å²) in [6.45, 7) is 17.2. The lowest BCUT2D eigenvalue weighted by molar-refractivity contribution is -0.227. The Kier molecular flexibility index (Phi) is 16.6. The number of aryl methyl sites for hydroxylation is 1. The SMILES string of the molecule is C=C.C=C(C)c1cc(Cl)c(Cl)cc1N(C)C1OC(CO)C(O)C(O)C1O.CCC1=C(C/C=C(\C)Cl)C(c2c(C)c[nH]c2C(=O)OC)C=CN1. The maximum atomic E-state index is 12.1. The summed E-state index contributed by atoms with van der Waals surface area (Å²) in [6.07, 6.45) is 3.25. The number of nitrogens with zero attached hydrogens (tertiary/aromatic N) is 1. The van der Waals surface area contributed by atoms with Gasteiger partial charge in [0.2, 0.25) is 0 Å². The number of allylic oxidation sites excluding steroid dienone is 6. The van der Waals surface area contributed by atoms with Gasteiger partial charge in [0, 0.05) is 41.1 Å². The summed E-state index contributed by atoms with van der Waals surface area (Å²) < 4.78 is 10.5. The van der Waals surface area contributed by atoms with Gasteiger partial charge >= 0.3 is 5.97 Å². The number of H-pyrrole nitrogens is 1. The minimum Gasteiger partial charge on any atom is -0.464 e. The highest BCUT2D eigenvalue weighted by atomic mass is 35.5. The van der Waals surface area contributed by atoms with Crippen LogP contribution in [-0.4, -0.2) is 82.8 Å². The highest BCUT2D eigenvalue weighted by Gasteiger charge is 2.45. The topological polar surface area (TPSA) is 148 Å². The highest BCUT2D eigenvalue weighted by molar-refractivity contribution is 6.42. The van der Waals surface area contributed by atoms with Crippen molar-refractivity contribution >= 4 is 52.0 Å². The fourth-order valence-corrected chi connectivity index (χ4v) is 6.05. The molecule has 0 aliphatic carbocycles. The number of hydrogen-bond donors (Lipinski definition) is 6. The molecule has 0 saturated carbocycles. The number of carbonyl (C=O) groups excluding carboxylic acids is 1. The van der Waals surface area contributed by atoms with E-state index in [1.165, 1.54) is 18.4 Å². The molecule has 3 heterocycles. The van der Waals surface area contributed by atoms with E-state index in [-0.39, 0.29) is 11.9 Å². The Bertz CT molecular complexity index is 1550. The Morgan fingerprint density at radius 2 is 1.76 bits per heavy atom. The summed E-state index contributed by atoms with van der Waals surface area (Å²) in [7, 11) is 3.03. The summed E-state index contributed by atoms with van der Waals surface area (Å²) in [6, 6.07) is 3.26. The molecule has 1 saturated heterocycles. The average molecular weight is 741 g/mol. The van der Waals surface area contributed by atoms with E-state index >= 15 is 0 Å². The van der Waals surface area contributed by atoms with Crippen LogP contribution in [0.1, 0.15) is 66.7 Å². The molecule has 0 radical (unpaired) electrons. The Hall–Kier alpha value is -3.06. The molecule has 10 nitrogen and oxygen atoms in total. The van der Waals surface area contributed by atoms with E-state index in [1.807, 2.05) is 32.3 Å². The minimum atomic E-state index is -1.46. The Morgan fingerprint density at radius 3 is 2.31 bits per heavy atom. The van der Waals surface area contributed by atoms with Gasteiger partial charge in [-0.3, -0.25) is 0 Å². The molecule has 1 aromatic heterocycles. The molecule has 270 valence electrons. The van der Waals surface area contributed by atoms with Gasteiger partial charge in [-0.2, -0.15) is 0 Å². The number of benzene rings is 1. The first-order valence-electron chi connectivity index (χ1n) is 15.6. The van der Waals surface area contributed by atoms with Gasteiger partial charge in [0.25, 0.3) is 0 Å². The molecular formula is C36H48Cl3N3O7. The number of esters is 1. The normalized spacial score (nSPS) is 23.4. The minimum absolute atomic E-state index is 0.0267. The van der Waals surface area contributed by atoms with Crippen molar-refractivity contribution < 1.29 is 34.7 Å². The first-order chi connectivity index (χ1) is 23.2. The van der Waals surface area contributed by atoms with Crippen molar-refractivity contribution in [3.05, 3.63) is 105 Å². The van der Waals surface area contributed by atoms with Crippen molar-refractivity contribution in [2.24, 2.45) is 0 Å². The van der Waals surface area contributed by atoms with Gasteiger partial charge in [-0.15, -0.1) is 13.2 Å². The average Bonchev–Trinajstić information content (AvgIpc) is 3.48. The van der Waals surface area contributed by atoms with E-state index < -0.39 is 37.3 Å². The molecule has 4 rings (SSSR count). The predicted molar refractivity (Wildman–Crippen MR) is 198 cm³/mol. The van der Waals surface area contributed by atoms with Crippen molar-refractivity contribution in [3.63, 3.8) is 0 Å². The van der Waals surface area contributed by atoms with E-state index in [0.717, 1.165) is 34.6 Å². The summed E-state index contributed by atoms with van der Waals surface area (Å²) >= 11 is 18.2. The Labute approximate surface area is 304 Å². The zero-order valence-electron chi connectivity index (χ0n) is 28.8. The van der Waals surface area contributed by atoms with Crippen molar-refractivity contribution in [1.29, 1.82) is 0 Å². The number of nitrogens with one attached hydrogen (secondary N) is 2. The van der Waals surface area contributed by atoms with E-state index in [9.17, 15) is 25.2 Å². The number of ether oxygens (including phenoxy) is 2. The van der Waals surface area contributed by atoms with Gasteiger partial charge in [-0.05, 0) is 74.2 Å². The van der Waals surface area contributed by atoms with Crippen molar-refractivity contribution in [3.8, 4) is 0 Å². The van der Waals surface area contributed by atoms with E-state index in [4.69, 9.17) is 44.3 Å². The zero-order valence-corrected chi connectivity index (χ0v) is 31.0.